The number of thioether (sulfide) groups is 1. The second-order valence-electron chi connectivity index (χ2n) is 7.20. The van der Waals surface area contributed by atoms with Crippen LogP contribution in [0.2, 0.25) is 0 Å². The molecule has 1 saturated heterocycles. The van der Waals surface area contributed by atoms with Gasteiger partial charge in [0.05, 0.1) is 5.75 Å². The Hall–Kier alpha value is -1.82. The molecule has 0 radical (unpaired) electrons. The number of amides is 1. The second-order valence-corrected chi connectivity index (χ2v) is 8.15. The number of hydrogen-bond acceptors (Lipinski definition) is 4. The zero-order valence-corrected chi connectivity index (χ0v) is 16.8. The van der Waals surface area contributed by atoms with Crippen molar-refractivity contribution in [3.8, 4) is 11.4 Å². The Morgan fingerprint density at radius 2 is 2.19 bits per heavy atom. The van der Waals surface area contributed by atoms with E-state index in [1.165, 1.54) is 23.7 Å². The Bertz CT molecular complexity index is 758. The van der Waals surface area contributed by atoms with Gasteiger partial charge in [0, 0.05) is 25.2 Å². The Morgan fingerprint density at radius 3 is 2.92 bits per heavy atom. The van der Waals surface area contributed by atoms with Crippen LogP contribution in [-0.2, 0) is 11.3 Å². The highest BCUT2D eigenvalue weighted by molar-refractivity contribution is 7.99. The van der Waals surface area contributed by atoms with Crippen molar-refractivity contribution in [1.82, 2.24) is 19.7 Å². The Labute approximate surface area is 160 Å². The van der Waals surface area contributed by atoms with Gasteiger partial charge in [-0.1, -0.05) is 49.4 Å². The number of carbonyl (C=O) groups is 1. The quantitative estimate of drug-likeness (QED) is 0.719. The fourth-order valence-corrected chi connectivity index (χ4v) is 4.32. The zero-order valence-electron chi connectivity index (χ0n) is 15.9. The highest BCUT2D eigenvalue weighted by Gasteiger charge is 2.22. The van der Waals surface area contributed by atoms with Crippen LogP contribution in [0, 0.1) is 12.8 Å². The number of nitrogens with zero attached hydrogens (tertiary/aromatic N) is 4. The molecule has 1 aromatic heterocycles. The van der Waals surface area contributed by atoms with Gasteiger partial charge in [-0.15, -0.1) is 10.2 Å². The molecule has 1 atom stereocenters. The van der Waals surface area contributed by atoms with Crippen LogP contribution in [0.3, 0.4) is 0 Å². The summed E-state index contributed by atoms with van der Waals surface area (Å²) < 4.78 is 2.14. The Balaban J connectivity index is 1.72. The number of aromatic nitrogens is 3. The van der Waals surface area contributed by atoms with Gasteiger partial charge >= 0.3 is 0 Å². The largest absolute Gasteiger partial charge is 0.342 e. The summed E-state index contributed by atoms with van der Waals surface area (Å²) >= 11 is 1.51. The number of piperidine rings is 1. The van der Waals surface area contributed by atoms with Crippen LogP contribution in [0.25, 0.3) is 11.4 Å². The summed E-state index contributed by atoms with van der Waals surface area (Å²) in [6.45, 7) is 9.08. The molecule has 2 heterocycles. The van der Waals surface area contributed by atoms with Crippen LogP contribution in [0.5, 0.6) is 0 Å². The van der Waals surface area contributed by atoms with Crippen molar-refractivity contribution in [1.29, 1.82) is 0 Å². The van der Waals surface area contributed by atoms with E-state index in [0.717, 1.165) is 49.0 Å². The normalized spacial score (nSPS) is 17.5. The number of carbonyl (C=O) groups excluding carboxylic acids is 1. The van der Waals surface area contributed by atoms with Gasteiger partial charge in [0.15, 0.2) is 11.0 Å². The fourth-order valence-electron chi connectivity index (χ4n) is 3.45. The maximum atomic E-state index is 12.6. The standard InChI is InChI=1S/C20H28N4OS/c1-4-10-24-19(17-9-5-7-15(2)12-17)21-22-20(24)26-14-18(25)23-11-6-8-16(3)13-23/h5,7,9,12,16H,4,6,8,10-11,13-14H2,1-3H3. The monoisotopic (exact) mass is 372 g/mol. The summed E-state index contributed by atoms with van der Waals surface area (Å²) in [5.74, 6) is 2.14. The summed E-state index contributed by atoms with van der Waals surface area (Å²) in [5.41, 5.74) is 2.28. The van der Waals surface area contributed by atoms with Gasteiger partial charge in [-0.25, -0.2) is 0 Å². The predicted molar refractivity (Wildman–Crippen MR) is 106 cm³/mol. The molecule has 1 aromatic carbocycles. The first-order valence-electron chi connectivity index (χ1n) is 9.49. The molecule has 1 amide bonds. The minimum atomic E-state index is 0.213. The smallest absolute Gasteiger partial charge is 0.233 e. The molecule has 1 fully saturated rings. The maximum Gasteiger partial charge on any atom is 0.233 e. The summed E-state index contributed by atoms with van der Waals surface area (Å²) in [4.78, 5) is 14.6. The molecule has 3 rings (SSSR count). The second kappa shape index (κ2) is 8.71. The van der Waals surface area contributed by atoms with Gasteiger partial charge in [0.2, 0.25) is 5.91 Å². The van der Waals surface area contributed by atoms with Crippen molar-refractivity contribution in [3.05, 3.63) is 29.8 Å². The lowest BCUT2D eigenvalue weighted by Gasteiger charge is -2.30. The summed E-state index contributed by atoms with van der Waals surface area (Å²) in [5, 5.41) is 9.63. The topological polar surface area (TPSA) is 51.0 Å². The lowest BCUT2D eigenvalue weighted by molar-refractivity contribution is -0.130. The van der Waals surface area contributed by atoms with E-state index >= 15 is 0 Å². The molecule has 6 heteroatoms. The lowest BCUT2D eigenvalue weighted by Crippen LogP contribution is -2.40. The third-order valence-corrected chi connectivity index (χ3v) is 5.73. The van der Waals surface area contributed by atoms with E-state index in [4.69, 9.17) is 0 Å². The number of aryl methyl sites for hydroxylation is 1. The summed E-state index contributed by atoms with van der Waals surface area (Å²) in [7, 11) is 0. The first kappa shape index (κ1) is 19.0. The molecule has 1 aliphatic rings. The van der Waals surface area contributed by atoms with E-state index in [0.29, 0.717) is 11.7 Å². The molecular weight excluding hydrogens is 344 g/mol. The molecule has 140 valence electrons. The van der Waals surface area contributed by atoms with Crippen LogP contribution in [0.1, 0.15) is 38.7 Å². The Morgan fingerprint density at radius 1 is 1.35 bits per heavy atom. The minimum absolute atomic E-state index is 0.213. The molecule has 0 spiro atoms. The molecular formula is C20H28N4OS. The highest BCUT2D eigenvalue weighted by Crippen LogP contribution is 2.26. The number of benzene rings is 1. The van der Waals surface area contributed by atoms with Crippen molar-refractivity contribution < 1.29 is 4.79 Å². The van der Waals surface area contributed by atoms with Crippen LogP contribution in [-0.4, -0.2) is 44.4 Å². The molecule has 2 aromatic rings. The van der Waals surface area contributed by atoms with Crippen LogP contribution >= 0.6 is 11.8 Å². The number of hydrogen-bond donors (Lipinski definition) is 0. The minimum Gasteiger partial charge on any atom is -0.342 e. The third-order valence-electron chi connectivity index (χ3n) is 4.77. The van der Waals surface area contributed by atoms with Gasteiger partial charge in [0.25, 0.3) is 0 Å². The van der Waals surface area contributed by atoms with Crippen molar-refractivity contribution in [2.75, 3.05) is 18.8 Å². The van der Waals surface area contributed by atoms with Gasteiger partial charge in [-0.05, 0) is 38.2 Å². The molecule has 26 heavy (non-hydrogen) atoms. The molecule has 0 aliphatic carbocycles. The fraction of sp³-hybridized carbons (Fsp3) is 0.550. The van der Waals surface area contributed by atoms with Crippen molar-refractivity contribution in [2.45, 2.75) is 51.7 Å². The number of rotatable bonds is 6. The van der Waals surface area contributed by atoms with E-state index in [9.17, 15) is 4.79 Å². The SMILES string of the molecule is CCCn1c(SCC(=O)N2CCCC(C)C2)nnc1-c1cccc(C)c1. The van der Waals surface area contributed by atoms with E-state index in [2.05, 4.69) is 53.7 Å². The third kappa shape index (κ3) is 4.47. The van der Waals surface area contributed by atoms with Gasteiger partial charge in [-0.3, -0.25) is 4.79 Å². The molecule has 1 unspecified atom stereocenters. The maximum absolute atomic E-state index is 12.6. The zero-order chi connectivity index (χ0) is 18.5. The van der Waals surface area contributed by atoms with Crippen LogP contribution in [0.15, 0.2) is 29.4 Å². The number of likely N-dealkylation sites (tertiary alicyclic amines) is 1. The van der Waals surface area contributed by atoms with E-state index in [1.54, 1.807) is 0 Å². The van der Waals surface area contributed by atoms with Crippen molar-refractivity contribution in [3.63, 3.8) is 0 Å². The molecule has 5 nitrogen and oxygen atoms in total. The molecule has 0 saturated carbocycles. The first-order valence-corrected chi connectivity index (χ1v) is 10.5. The summed E-state index contributed by atoms with van der Waals surface area (Å²) in [6.07, 6.45) is 3.34. The van der Waals surface area contributed by atoms with E-state index in [1.807, 2.05) is 11.0 Å². The Kier molecular flexibility index (Phi) is 6.35. The highest BCUT2D eigenvalue weighted by atomic mass is 32.2. The molecule has 0 N–H and O–H groups in total. The lowest BCUT2D eigenvalue weighted by atomic mass is 10.0. The molecule has 0 bridgehead atoms. The van der Waals surface area contributed by atoms with Crippen molar-refractivity contribution >= 4 is 17.7 Å². The van der Waals surface area contributed by atoms with E-state index < -0.39 is 0 Å². The van der Waals surface area contributed by atoms with Gasteiger partial charge in [0.1, 0.15) is 0 Å². The molecule has 1 aliphatic heterocycles. The van der Waals surface area contributed by atoms with E-state index in [-0.39, 0.29) is 5.91 Å². The van der Waals surface area contributed by atoms with Gasteiger partial charge in [-0.2, -0.15) is 0 Å². The van der Waals surface area contributed by atoms with Gasteiger partial charge < -0.3 is 9.47 Å². The van der Waals surface area contributed by atoms with Crippen molar-refractivity contribution in [2.24, 2.45) is 5.92 Å². The van der Waals surface area contributed by atoms with Crippen LogP contribution in [0.4, 0.5) is 0 Å². The average Bonchev–Trinajstić information content (AvgIpc) is 3.03. The predicted octanol–water partition coefficient (Wildman–Crippen LogP) is 4.01. The first-order chi connectivity index (χ1) is 12.6. The summed E-state index contributed by atoms with van der Waals surface area (Å²) in [6, 6.07) is 8.32. The van der Waals surface area contributed by atoms with Crippen LogP contribution < -0.4 is 0 Å². The average molecular weight is 373 g/mol.